The van der Waals surface area contributed by atoms with Crippen molar-refractivity contribution in [1.82, 2.24) is 10.0 Å². The molecule has 0 saturated heterocycles. The maximum Gasteiger partial charge on any atom is 0.337 e. The lowest BCUT2D eigenvalue weighted by atomic mass is 9.83. The summed E-state index contributed by atoms with van der Waals surface area (Å²) in [6.07, 6.45) is 0.847. The fraction of sp³-hybridized carbons (Fsp3) is 0.769. The lowest BCUT2D eigenvalue weighted by Gasteiger charge is -2.41. The molecular formula is C26H34N4O6. The second kappa shape index (κ2) is 6.55. The van der Waals surface area contributed by atoms with Crippen LogP contribution >= 0.6 is 0 Å². The molecule has 4 saturated carbocycles. The zero-order valence-electron chi connectivity index (χ0n) is 22.1. The Labute approximate surface area is 210 Å². The molecule has 0 unspecified atom stereocenters. The highest BCUT2D eigenvalue weighted by molar-refractivity contribution is 6.35. The van der Waals surface area contributed by atoms with Gasteiger partial charge in [0.15, 0.2) is 0 Å². The van der Waals surface area contributed by atoms with Crippen LogP contribution in [0.3, 0.4) is 0 Å². The average molecular weight is 499 g/mol. The predicted octanol–water partition coefficient (Wildman–Crippen LogP) is 2.53. The van der Waals surface area contributed by atoms with Gasteiger partial charge in [-0.1, -0.05) is 27.7 Å². The summed E-state index contributed by atoms with van der Waals surface area (Å²) in [6, 6.07) is 0. The lowest BCUT2D eigenvalue weighted by molar-refractivity contribution is -0.205. The van der Waals surface area contributed by atoms with Gasteiger partial charge in [-0.15, -0.1) is 0 Å². The Morgan fingerprint density at radius 1 is 0.722 bits per heavy atom. The highest BCUT2D eigenvalue weighted by Crippen LogP contribution is 2.75. The van der Waals surface area contributed by atoms with Crippen LogP contribution in [-0.2, 0) is 28.7 Å². The van der Waals surface area contributed by atoms with Crippen molar-refractivity contribution < 1.29 is 28.7 Å². The van der Waals surface area contributed by atoms with E-state index in [1.54, 1.807) is 0 Å². The van der Waals surface area contributed by atoms with E-state index >= 15 is 0 Å². The molecule has 194 valence electrons. The molecule has 2 amide bonds. The molecule has 0 radical (unpaired) electrons. The zero-order valence-corrected chi connectivity index (χ0v) is 22.1. The number of carbonyl (C=O) groups is 4. The molecule has 6 rings (SSSR count). The van der Waals surface area contributed by atoms with Gasteiger partial charge in [0.25, 0.3) is 0 Å². The first kappa shape index (κ1) is 23.6. The van der Waals surface area contributed by atoms with Crippen LogP contribution in [0.5, 0.6) is 0 Å². The quantitative estimate of drug-likeness (QED) is 0.426. The fourth-order valence-corrected chi connectivity index (χ4v) is 8.75. The summed E-state index contributed by atoms with van der Waals surface area (Å²) in [5.41, 5.74) is -1.19. The molecule has 2 aliphatic heterocycles. The van der Waals surface area contributed by atoms with Crippen LogP contribution in [0, 0.1) is 46.3 Å². The molecule has 6 aliphatic rings. The monoisotopic (exact) mass is 498 g/mol. The van der Waals surface area contributed by atoms with Gasteiger partial charge in [-0.25, -0.2) is 0 Å². The van der Waals surface area contributed by atoms with Gasteiger partial charge in [0.05, 0.1) is 11.8 Å². The van der Waals surface area contributed by atoms with Crippen molar-refractivity contribution in [2.24, 2.45) is 56.5 Å². The maximum atomic E-state index is 13.9. The third-order valence-corrected chi connectivity index (χ3v) is 10.3. The summed E-state index contributed by atoms with van der Waals surface area (Å²) in [7, 11) is 0. The third-order valence-electron chi connectivity index (χ3n) is 10.3. The van der Waals surface area contributed by atoms with E-state index in [1.807, 2.05) is 13.8 Å². The summed E-state index contributed by atoms with van der Waals surface area (Å²) in [6.45, 7) is 14.9. The van der Waals surface area contributed by atoms with Crippen LogP contribution in [0.25, 0.3) is 0 Å². The normalized spacial score (nSPS) is 43.6. The van der Waals surface area contributed by atoms with Crippen molar-refractivity contribution in [1.29, 1.82) is 0 Å². The molecule has 0 N–H and O–H groups in total. The van der Waals surface area contributed by atoms with Gasteiger partial charge >= 0.3 is 23.8 Å². The van der Waals surface area contributed by atoms with E-state index in [1.165, 1.54) is 13.8 Å². The molecular weight excluding hydrogens is 464 g/mol. The van der Waals surface area contributed by atoms with E-state index in [-0.39, 0.29) is 46.3 Å². The first-order valence-corrected chi connectivity index (χ1v) is 12.8. The number of esters is 2. The molecule has 36 heavy (non-hydrogen) atoms. The summed E-state index contributed by atoms with van der Waals surface area (Å²) in [5, 5.41) is 11.1. The largest absolute Gasteiger partial charge is 0.436 e. The van der Waals surface area contributed by atoms with Crippen LogP contribution in [0.4, 0.5) is 0 Å². The van der Waals surface area contributed by atoms with Crippen molar-refractivity contribution in [3.8, 4) is 0 Å². The molecule has 10 heteroatoms. The Balaban J connectivity index is 1.35. The number of fused-ring (bicyclic) bond motifs is 6. The molecule has 0 aromatic rings. The smallest absolute Gasteiger partial charge is 0.337 e. The van der Waals surface area contributed by atoms with Gasteiger partial charge in [0.2, 0.25) is 11.4 Å². The van der Waals surface area contributed by atoms with Crippen LogP contribution < -0.4 is 0 Å². The number of hydrazone groups is 2. The molecule has 4 fully saturated rings. The van der Waals surface area contributed by atoms with Crippen LogP contribution in [-0.4, -0.2) is 56.6 Å². The van der Waals surface area contributed by atoms with Gasteiger partial charge in [-0.3, -0.25) is 19.2 Å². The minimum Gasteiger partial charge on any atom is -0.436 e. The van der Waals surface area contributed by atoms with Crippen LogP contribution in [0.15, 0.2) is 10.2 Å². The van der Waals surface area contributed by atoms with Crippen LogP contribution in [0.1, 0.15) is 68.2 Å². The number of nitrogens with zero attached hydrogens (tertiary/aromatic N) is 4. The van der Waals surface area contributed by atoms with Crippen LogP contribution in [0.2, 0.25) is 0 Å². The maximum absolute atomic E-state index is 13.9. The Morgan fingerprint density at radius 3 is 1.36 bits per heavy atom. The van der Waals surface area contributed by atoms with Gasteiger partial charge in [-0.2, -0.15) is 20.2 Å². The van der Waals surface area contributed by atoms with Crippen molar-refractivity contribution in [2.45, 2.75) is 79.7 Å². The molecule has 8 atom stereocenters. The molecule has 0 spiro atoms. The third kappa shape index (κ3) is 2.58. The first-order chi connectivity index (χ1) is 16.6. The van der Waals surface area contributed by atoms with Gasteiger partial charge in [0.1, 0.15) is 0 Å². The first-order valence-electron chi connectivity index (χ1n) is 12.8. The van der Waals surface area contributed by atoms with Crippen molar-refractivity contribution in [2.75, 3.05) is 0 Å². The molecule has 0 bridgehead atoms. The second-order valence-corrected chi connectivity index (χ2v) is 12.9. The molecule has 0 aromatic carbocycles. The number of hydrogen-bond acceptors (Lipinski definition) is 8. The highest BCUT2D eigenvalue weighted by Gasteiger charge is 2.80. The van der Waals surface area contributed by atoms with Gasteiger partial charge < -0.3 is 9.47 Å². The van der Waals surface area contributed by atoms with Gasteiger partial charge in [0, 0.05) is 38.1 Å². The number of ether oxygens (including phenoxy) is 2. The summed E-state index contributed by atoms with van der Waals surface area (Å²) < 4.78 is 11.7. The summed E-state index contributed by atoms with van der Waals surface area (Å²) in [5.74, 6) is -2.52. The Bertz CT molecular complexity index is 1110. The second-order valence-electron chi connectivity index (χ2n) is 12.9. The van der Waals surface area contributed by atoms with E-state index in [4.69, 9.17) is 9.47 Å². The average Bonchev–Trinajstić information content (AvgIpc) is 3.19. The number of amides is 2. The standard InChI is InChI=1S/C26H34N4O6/c1-11-17-19-15(23(19,5)6)9-25(17,35-13(3)31)29(27-11)21(33)22(34)30-26(36-14(4)32)10-16-20(24(16,7)8)18(26)12(2)28-30/h15-20H,9-10H2,1-8H3/t15-,16-,17-,18+,19+,20-,25+,26-/m1/s1. The number of hydrogen-bond donors (Lipinski definition) is 0. The topological polar surface area (TPSA) is 118 Å². The molecule has 0 aromatic heterocycles. The SMILES string of the molecule is CC(=O)O[C@@]12C[C@@H]3[C@@H]([C@H]1C(C)=NN2C(=O)C(=O)N1N=C(C)[C@H]2[C@H]4[C@@H](C[C@@]21OC(C)=O)C4(C)C)C3(C)C. The summed E-state index contributed by atoms with van der Waals surface area (Å²) in [4.78, 5) is 52.1. The van der Waals surface area contributed by atoms with E-state index in [2.05, 4.69) is 37.9 Å². The van der Waals surface area contributed by atoms with E-state index in [0.29, 0.717) is 24.3 Å². The fourth-order valence-electron chi connectivity index (χ4n) is 8.75. The molecule has 2 heterocycles. The lowest BCUT2D eigenvalue weighted by Crippen LogP contribution is -2.60. The minimum atomic E-state index is -1.32. The molecule has 10 nitrogen and oxygen atoms in total. The van der Waals surface area contributed by atoms with Crippen molar-refractivity contribution in [3.63, 3.8) is 0 Å². The van der Waals surface area contributed by atoms with E-state index in [9.17, 15) is 19.2 Å². The molecule has 4 aliphatic carbocycles. The number of rotatable bonds is 2. The van der Waals surface area contributed by atoms with Crippen molar-refractivity contribution in [3.05, 3.63) is 0 Å². The Morgan fingerprint density at radius 2 is 1.06 bits per heavy atom. The predicted molar refractivity (Wildman–Crippen MR) is 127 cm³/mol. The van der Waals surface area contributed by atoms with E-state index in [0.717, 1.165) is 10.0 Å². The van der Waals surface area contributed by atoms with Crippen molar-refractivity contribution >= 4 is 35.2 Å². The minimum absolute atomic E-state index is 0.0504. The zero-order chi connectivity index (χ0) is 26.3. The Hall–Kier alpha value is -2.78. The summed E-state index contributed by atoms with van der Waals surface area (Å²) >= 11 is 0. The van der Waals surface area contributed by atoms with Gasteiger partial charge in [-0.05, 0) is 48.3 Å². The highest BCUT2D eigenvalue weighted by atomic mass is 16.6. The number of carbonyl (C=O) groups excluding carboxylic acids is 4. The Kier molecular flexibility index (Phi) is 4.30. The van der Waals surface area contributed by atoms with E-state index < -0.39 is 35.2 Å².